The Balaban J connectivity index is 3.26. The Morgan fingerprint density at radius 3 is 2.19 bits per heavy atom. The van der Waals surface area contributed by atoms with E-state index >= 15 is 0 Å². The molecule has 5 nitrogen and oxygen atoms in total. The maximum Gasteiger partial charge on any atom is 0.334 e. The van der Waals surface area contributed by atoms with Crippen molar-refractivity contribution < 1.29 is 8.85 Å². The summed E-state index contributed by atoms with van der Waals surface area (Å²) >= 11 is 0. The molecular formula is C10H27N3O2Si. The molecule has 0 heterocycles. The number of hydrogen-bond donors (Lipinski definition) is 3. The van der Waals surface area contributed by atoms with Gasteiger partial charge < -0.3 is 24.8 Å². The average molecular weight is 249 g/mol. The summed E-state index contributed by atoms with van der Waals surface area (Å²) in [5.74, 6) is 0. The molecule has 0 atom stereocenters. The first kappa shape index (κ1) is 16.0. The van der Waals surface area contributed by atoms with Gasteiger partial charge in [0.15, 0.2) is 0 Å². The van der Waals surface area contributed by atoms with Crippen molar-refractivity contribution in [1.82, 2.24) is 16.0 Å². The number of hydrogen-bond acceptors (Lipinski definition) is 5. The highest BCUT2D eigenvalue weighted by Gasteiger charge is 2.27. The van der Waals surface area contributed by atoms with Crippen molar-refractivity contribution in [2.75, 3.05) is 47.6 Å². The molecule has 6 heteroatoms. The van der Waals surface area contributed by atoms with Crippen molar-refractivity contribution in [3.8, 4) is 0 Å². The largest absolute Gasteiger partial charge is 0.398 e. The molecule has 0 unspecified atom stereocenters. The van der Waals surface area contributed by atoms with Crippen molar-refractivity contribution in [1.29, 1.82) is 0 Å². The topological polar surface area (TPSA) is 54.5 Å². The van der Waals surface area contributed by atoms with Gasteiger partial charge in [0.05, 0.1) is 0 Å². The van der Waals surface area contributed by atoms with Crippen LogP contribution in [0.1, 0.15) is 6.42 Å². The van der Waals surface area contributed by atoms with Crippen LogP contribution < -0.4 is 16.0 Å². The van der Waals surface area contributed by atoms with E-state index in [4.69, 9.17) is 8.85 Å². The molecule has 3 N–H and O–H groups in total. The summed E-state index contributed by atoms with van der Waals surface area (Å²) in [5.41, 5.74) is 0. The summed E-state index contributed by atoms with van der Waals surface area (Å²) in [6.45, 7) is 5.97. The lowest BCUT2D eigenvalue weighted by Crippen LogP contribution is -2.37. The van der Waals surface area contributed by atoms with Crippen LogP contribution in [0.25, 0.3) is 0 Å². The monoisotopic (exact) mass is 249 g/mol. The number of nitrogens with one attached hydrogen (secondary N) is 3. The minimum atomic E-state index is -1.84. The maximum absolute atomic E-state index is 5.41. The summed E-state index contributed by atoms with van der Waals surface area (Å²) in [5, 5.41) is 9.67. The molecule has 0 rings (SSSR count). The predicted octanol–water partition coefficient (Wildman–Crippen LogP) is 0.0974. The Labute approximate surface area is 101 Å². The van der Waals surface area contributed by atoms with E-state index in [1.165, 1.54) is 0 Å². The molecule has 0 bridgehead atoms. The molecule has 0 saturated carbocycles. The van der Waals surface area contributed by atoms with Crippen LogP contribution in [-0.4, -0.2) is 56.1 Å². The van der Waals surface area contributed by atoms with Gasteiger partial charge in [0.1, 0.15) is 0 Å². The van der Waals surface area contributed by atoms with Gasteiger partial charge in [-0.15, -0.1) is 0 Å². The van der Waals surface area contributed by atoms with Crippen molar-refractivity contribution in [2.24, 2.45) is 0 Å². The summed E-state index contributed by atoms with van der Waals surface area (Å²) in [4.78, 5) is 0. The zero-order valence-electron chi connectivity index (χ0n) is 11.1. The van der Waals surface area contributed by atoms with Crippen LogP contribution >= 0.6 is 0 Å². The highest BCUT2D eigenvalue weighted by molar-refractivity contribution is 6.65. The van der Waals surface area contributed by atoms with Crippen LogP contribution in [0.15, 0.2) is 0 Å². The fourth-order valence-electron chi connectivity index (χ4n) is 1.34. The zero-order valence-corrected chi connectivity index (χ0v) is 12.1. The van der Waals surface area contributed by atoms with Gasteiger partial charge in [-0.3, -0.25) is 0 Å². The quantitative estimate of drug-likeness (QED) is 0.275. The molecule has 0 amide bonds. The second-order valence-electron chi connectivity index (χ2n) is 3.93. The molecule has 0 spiro atoms. The van der Waals surface area contributed by atoms with Crippen LogP contribution in [0.4, 0.5) is 0 Å². The van der Waals surface area contributed by atoms with E-state index in [0.29, 0.717) is 0 Å². The Kier molecular flexibility index (Phi) is 10.2. The Hall–Kier alpha value is 0.0169. The van der Waals surface area contributed by atoms with Gasteiger partial charge in [-0.25, -0.2) is 0 Å². The SMILES string of the molecule is CNCNCCNCCC[Si](C)(OC)OC. The zero-order chi connectivity index (χ0) is 12.3. The first-order chi connectivity index (χ1) is 7.68. The third kappa shape index (κ3) is 8.20. The van der Waals surface area contributed by atoms with Crippen LogP contribution in [0, 0.1) is 0 Å². The van der Waals surface area contributed by atoms with E-state index in [-0.39, 0.29) is 0 Å². The van der Waals surface area contributed by atoms with E-state index in [9.17, 15) is 0 Å². The molecular weight excluding hydrogens is 222 g/mol. The minimum absolute atomic E-state index is 0.861. The molecule has 0 saturated heterocycles. The molecule has 0 aliphatic carbocycles. The van der Waals surface area contributed by atoms with E-state index in [2.05, 4.69) is 22.5 Å². The fourth-order valence-corrected chi connectivity index (χ4v) is 2.73. The van der Waals surface area contributed by atoms with E-state index in [0.717, 1.165) is 38.8 Å². The standard InChI is InChI=1S/C10H27N3O2Si/c1-11-10-13-8-7-12-6-5-9-16(4,14-2)15-3/h11-13H,5-10H2,1-4H3. The highest BCUT2D eigenvalue weighted by Crippen LogP contribution is 2.12. The van der Waals surface area contributed by atoms with Crippen LogP contribution in [0.2, 0.25) is 12.6 Å². The summed E-state index contributed by atoms with van der Waals surface area (Å²) in [6.07, 6.45) is 1.11. The van der Waals surface area contributed by atoms with Crippen molar-refractivity contribution in [3.05, 3.63) is 0 Å². The fraction of sp³-hybridized carbons (Fsp3) is 1.00. The first-order valence-electron chi connectivity index (χ1n) is 5.85. The summed E-state index contributed by atoms with van der Waals surface area (Å²) < 4.78 is 10.8. The van der Waals surface area contributed by atoms with Crippen molar-refractivity contribution in [3.63, 3.8) is 0 Å². The Morgan fingerprint density at radius 1 is 1.00 bits per heavy atom. The lowest BCUT2D eigenvalue weighted by molar-refractivity contribution is 0.248. The highest BCUT2D eigenvalue weighted by atomic mass is 28.4. The molecule has 0 aliphatic rings. The first-order valence-corrected chi connectivity index (χ1v) is 8.37. The van der Waals surface area contributed by atoms with E-state index in [1.807, 2.05) is 7.05 Å². The van der Waals surface area contributed by atoms with Crippen LogP contribution in [0.5, 0.6) is 0 Å². The van der Waals surface area contributed by atoms with E-state index in [1.54, 1.807) is 14.2 Å². The van der Waals surface area contributed by atoms with Crippen molar-refractivity contribution >= 4 is 8.56 Å². The van der Waals surface area contributed by atoms with Gasteiger partial charge >= 0.3 is 8.56 Å². The van der Waals surface area contributed by atoms with Gasteiger partial charge in [-0.2, -0.15) is 0 Å². The third-order valence-electron chi connectivity index (χ3n) is 2.63. The molecule has 98 valence electrons. The molecule has 0 aliphatic heterocycles. The Morgan fingerprint density at radius 2 is 1.62 bits per heavy atom. The summed E-state index contributed by atoms with van der Waals surface area (Å²) in [6, 6.07) is 1.04. The third-order valence-corrected chi connectivity index (χ3v) is 5.62. The van der Waals surface area contributed by atoms with Gasteiger partial charge in [0.25, 0.3) is 0 Å². The molecule has 0 aromatic heterocycles. The molecule has 0 fully saturated rings. The summed E-state index contributed by atoms with van der Waals surface area (Å²) in [7, 11) is 3.57. The van der Waals surface area contributed by atoms with Gasteiger partial charge in [-0.1, -0.05) is 0 Å². The normalized spacial score (nSPS) is 12.0. The van der Waals surface area contributed by atoms with E-state index < -0.39 is 8.56 Å². The number of rotatable bonds is 11. The van der Waals surface area contributed by atoms with Crippen molar-refractivity contribution in [2.45, 2.75) is 19.0 Å². The molecule has 0 aromatic carbocycles. The second kappa shape index (κ2) is 10.2. The predicted molar refractivity (Wildman–Crippen MR) is 69.9 cm³/mol. The maximum atomic E-state index is 5.41. The minimum Gasteiger partial charge on any atom is -0.398 e. The van der Waals surface area contributed by atoms with Gasteiger partial charge in [-0.05, 0) is 32.6 Å². The van der Waals surface area contributed by atoms with Crippen LogP contribution in [0.3, 0.4) is 0 Å². The Bertz CT molecular complexity index is 157. The van der Waals surface area contributed by atoms with Gasteiger partial charge in [0.2, 0.25) is 0 Å². The molecule has 16 heavy (non-hydrogen) atoms. The second-order valence-corrected chi connectivity index (χ2v) is 7.51. The molecule has 0 aromatic rings. The lowest BCUT2D eigenvalue weighted by atomic mass is 10.4. The average Bonchev–Trinajstić information content (AvgIpc) is 2.32. The van der Waals surface area contributed by atoms with Gasteiger partial charge in [0, 0.05) is 34.0 Å². The van der Waals surface area contributed by atoms with Crippen LogP contribution in [-0.2, 0) is 8.85 Å². The smallest absolute Gasteiger partial charge is 0.334 e. The lowest BCUT2D eigenvalue weighted by Gasteiger charge is -2.22. The molecule has 0 radical (unpaired) electrons.